The highest BCUT2D eigenvalue weighted by Crippen LogP contribution is 2.34. The molecule has 1 heterocycles. The van der Waals surface area contributed by atoms with Gasteiger partial charge in [0.25, 0.3) is 0 Å². The first-order valence-corrected chi connectivity index (χ1v) is 9.57. The molecule has 0 saturated heterocycles. The van der Waals surface area contributed by atoms with Crippen LogP contribution in [0.4, 0.5) is 11.4 Å². The normalized spacial score (nSPS) is 13.5. The lowest BCUT2D eigenvalue weighted by Gasteiger charge is -2.28. The lowest BCUT2D eigenvalue weighted by molar-refractivity contribution is -0.117. The number of nitrogens with one attached hydrogen (secondary N) is 1. The fourth-order valence-corrected chi connectivity index (χ4v) is 3.82. The maximum absolute atomic E-state index is 12.2. The molecule has 5 heteroatoms. The number of benzene rings is 2. The quantitative estimate of drug-likeness (QED) is 0.849. The molecule has 1 aliphatic heterocycles. The average molecular weight is 354 g/mol. The molecule has 25 heavy (non-hydrogen) atoms. The molecule has 0 saturated carbocycles. The van der Waals surface area contributed by atoms with Crippen molar-refractivity contribution in [2.24, 2.45) is 0 Å². The Hall–Kier alpha value is -2.27. The van der Waals surface area contributed by atoms with Crippen molar-refractivity contribution < 1.29 is 9.59 Å². The third-order valence-corrected chi connectivity index (χ3v) is 5.19. The molecule has 1 aliphatic rings. The van der Waals surface area contributed by atoms with Crippen molar-refractivity contribution in [3.63, 3.8) is 0 Å². The summed E-state index contributed by atoms with van der Waals surface area (Å²) in [6, 6.07) is 15.8. The number of nitrogens with zero attached hydrogens (tertiary/aromatic N) is 1. The van der Waals surface area contributed by atoms with Gasteiger partial charge in [0.05, 0.1) is 11.4 Å². The van der Waals surface area contributed by atoms with Gasteiger partial charge in [-0.2, -0.15) is 0 Å². The fraction of sp³-hybridized carbons (Fsp3) is 0.300. The number of fused-ring (bicyclic) bond motifs is 1. The molecule has 0 bridgehead atoms. The van der Waals surface area contributed by atoms with Crippen LogP contribution in [0.5, 0.6) is 0 Å². The van der Waals surface area contributed by atoms with Gasteiger partial charge in [0.1, 0.15) is 0 Å². The minimum Gasteiger partial charge on any atom is -0.326 e. The highest BCUT2D eigenvalue weighted by Gasteiger charge is 2.24. The standard InChI is InChI=1S/C20H22N2O2S/c1-2-5-15-8-10-16(11-9-15)21-19(23)12-13-22-17-6-3-4-7-18(17)25-14-20(22)24/h3-4,6-11H,2,5,12-14H2,1H3,(H,21,23). The third kappa shape index (κ3) is 4.42. The van der Waals surface area contributed by atoms with Crippen LogP contribution >= 0.6 is 11.8 Å². The number of hydrogen-bond donors (Lipinski definition) is 1. The predicted octanol–water partition coefficient (Wildman–Crippen LogP) is 4.11. The van der Waals surface area contributed by atoms with E-state index < -0.39 is 0 Å². The zero-order valence-electron chi connectivity index (χ0n) is 14.3. The Bertz CT molecular complexity index is 759. The van der Waals surface area contributed by atoms with Crippen molar-refractivity contribution in [3.8, 4) is 0 Å². The molecule has 4 nitrogen and oxygen atoms in total. The molecule has 2 amide bonds. The SMILES string of the molecule is CCCc1ccc(NC(=O)CCN2C(=O)CSc3ccccc32)cc1. The van der Waals surface area contributed by atoms with E-state index in [2.05, 4.69) is 12.2 Å². The van der Waals surface area contributed by atoms with Gasteiger partial charge in [0.2, 0.25) is 11.8 Å². The maximum Gasteiger partial charge on any atom is 0.237 e. The molecule has 0 radical (unpaired) electrons. The zero-order valence-corrected chi connectivity index (χ0v) is 15.1. The van der Waals surface area contributed by atoms with Gasteiger partial charge in [0, 0.05) is 23.5 Å². The largest absolute Gasteiger partial charge is 0.326 e. The Kier molecular flexibility index (Phi) is 5.76. The van der Waals surface area contributed by atoms with E-state index in [-0.39, 0.29) is 18.2 Å². The van der Waals surface area contributed by atoms with Crippen LogP contribution in [0.3, 0.4) is 0 Å². The Morgan fingerprint density at radius 2 is 1.92 bits per heavy atom. The summed E-state index contributed by atoms with van der Waals surface area (Å²) >= 11 is 1.55. The highest BCUT2D eigenvalue weighted by atomic mass is 32.2. The number of carbonyl (C=O) groups is 2. The van der Waals surface area contributed by atoms with Gasteiger partial charge >= 0.3 is 0 Å². The van der Waals surface area contributed by atoms with Crippen molar-refractivity contribution in [3.05, 3.63) is 54.1 Å². The molecule has 0 aliphatic carbocycles. The van der Waals surface area contributed by atoms with Crippen LogP contribution in [-0.2, 0) is 16.0 Å². The number of carbonyl (C=O) groups excluding carboxylic acids is 2. The van der Waals surface area contributed by atoms with E-state index >= 15 is 0 Å². The zero-order chi connectivity index (χ0) is 17.6. The maximum atomic E-state index is 12.2. The van der Waals surface area contributed by atoms with E-state index in [0.29, 0.717) is 12.3 Å². The van der Waals surface area contributed by atoms with Crippen molar-refractivity contribution in [1.82, 2.24) is 0 Å². The summed E-state index contributed by atoms with van der Waals surface area (Å²) in [5.41, 5.74) is 2.97. The summed E-state index contributed by atoms with van der Waals surface area (Å²) in [7, 11) is 0. The summed E-state index contributed by atoms with van der Waals surface area (Å²) in [6.07, 6.45) is 2.43. The van der Waals surface area contributed by atoms with Crippen LogP contribution in [0.1, 0.15) is 25.3 Å². The van der Waals surface area contributed by atoms with Gasteiger partial charge in [-0.05, 0) is 36.2 Å². The number of hydrogen-bond acceptors (Lipinski definition) is 3. The monoisotopic (exact) mass is 354 g/mol. The van der Waals surface area contributed by atoms with Crippen LogP contribution in [0, 0.1) is 0 Å². The van der Waals surface area contributed by atoms with E-state index in [1.165, 1.54) is 5.56 Å². The molecule has 0 unspecified atom stereocenters. The van der Waals surface area contributed by atoms with Crippen LogP contribution in [0.2, 0.25) is 0 Å². The first kappa shape index (κ1) is 17.5. The molecular weight excluding hydrogens is 332 g/mol. The molecule has 0 aromatic heterocycles. The minimum atomic E-state index is -0.0771. The van der Waals surface area contributed by atoms with Gasteiger partial charge in [0.15, 0.2) is 0 Å². The molecule has 1 N–H and O–H groups in total. The Balaban J connectivity index is 1.58. The minimum absolute atomic E-state index is 0.0559. The van der Waals surface area contributed by atoms with E-state index in [9.17, 15) is 9.59 Å². The molecule has 2 aromatic rings. The number of anilines is 2. The van der Waals surface area contributed by atoms with Crippen molar-refractivity contribution in [2.45, 2.75) is 31.1 Å². The molecule has 0 atom stereocenters. The van der Waals surface area contributed by atoms with Gasteiger partial charge in [-0.3, -0.25) is 9.59 Å². The second-order valence-corrected chi connectivity index (χ2v) is 7.06. The molecular formula is C20H22N2O2S. The number of aryl methyl sites for hydroxylation is 1. The van der Waals surface area contributed by atoms with Crippen LogP contribution in [0.25, 0.3) is 0 Å². The average Bonchev–Trinajstić information content (AvgIpc) is 2.63. The Morgan fingerprint density at radius 3 is 2.68 bits per heavy atom. The van der Waals surface area contributed by atoms with Crippen molar-refractivity contribution in [1.29, 1.82) is 0 Å². The van der Waals surface area contributed by atoms with Gasteiger partial charge in [-0.25, -0.2) is 0 Å². The fourth-order valence-electron chi connectivity index (χ4n) is 2.88. The summed E-state index contributed by atoms with van der Waals surface area (Å²) in [5, 5.41) is 2.91. The van der Waals surface area contributed by atoms with Crippen LogP contribution in [0.15, 0.2) is 53.4 Å². The molecule has 0 spiro atoms. The van der Waals surface area contributed by atoms with Crippen LogP contribution in [-0.4, -0.2) is 24.1 Å². The molecule has 2 aromatic carbocycles. The lowest BCUT2D eigenvalue weighted by atomic mass is 10.1. The van der Waals surface area contributed by atoms with E-state index in [1.807, 2.05) is 48.5 Å². The Morgan fingerprint density at radius 1 is 1.16 bits per heavy atom. The lowest BCUT2D eigenvalue weighted by Crippen LogP contribution is -2.37. The molecule has 130 valence electrons. The Labute approximate surface area is 152 Å². The second kappa shape index (κ2) is 8.21. The van der Waals surface area contributed by atoms with Crippen LogP contribution < -0.4 is 10.2 Å². The summed E-state index contributed by atoms with van der Waals surface area (Å²) < 4.78 is 0. The topological polar surface area (TPSA) is 49.4 Å². The van der Waals surface area contributed by atoms with Gasteiger partial charge in [-0.1, -0.05) is 37.6 Å². The van der Waals surface area contributed by atoms with E-state index in [1.54, 1.807) is 16.7 Å². The van der Waals surface area contributed by atoms with Crippen molar-refractivity contribution in [2.75, 3.05) is 22.5 Å². The summed E-state index contributed by atoms with van der Waals surface area (Å²) in [5.74, 6) is 0.407. The number of para-hydroxylation sites is 1. The molecule has 0 fully saturated rings. The predicted molar refractivity (Wildman–Crippen MR) is 103 cm³/mol. The number of rotatable bonds is 6. The van der Waals surface area contributed by atoms with Gasteiger partial charge < -0.3 is 10.2 Å². The summed E-state index contributed by atoms with van der Waals surface area (Å²) in [4.78, 5) is 27.2. The summed E-state index contributed by atoms with van der Waals surface area (Å²) in [6.45, 7) is 2.55. The smallest absolute Gasteiger partial charge is 0.237 e. The van der Waals surface area contributed by atoms with E-state index in [0.717, 1.165) is 29.1 Å². The van der Waals surface area contributed by atoms with Crippen molar-refractivity contribution >= 4 is 35.0 Å². The second-order valence-electron chi connectivity index (χ2n) is 6.05. The van der Waals surface area contributed by atoms with E-state index in [4.69, 9.17) is 0 Å². The van der Waals surface area contributed by atoms with Gasteiger partial charge in [-0.15, -0.1) is 11.8 Å². The number of amides is 2. The highest BCUT2D eigenvalue weighted by molar-refractivity contribution is 8.00. The molecule has 3 rings (SSSR count). The first-order chi connectivity index (χ1) is 12.2. The first-order valence-electron chi connectivity index (χ1n) is 8.58. The number of thioether (sulfide) groups is 1. The third-order valence-electron chi connectivity index (χ3n) is 4.15.